The Morgan fingerprint density at radius 2 is 1.86 bits per heavy atom. The third kappa shape index (κ3) is 4.48. The lowest BCUT2D eigenvalue weighted by Crippen LogP contribution is -2.23. The number of para-hydroxylation sites is 1. The van der Waals surface area contributed by atoms with Crippen LogP contribution in [-0.2, 0) is 10.0 Å². The number of hydrogen-bond acceptors (Lipinski definition) is 4. The Bertz CT molecular complexity index is 1170. The Morgan fingerprint density at radius 3 is 2.48 bits per heavy atom. The van der Waals surface area contributed by atoms with Crippen LogP contribution in [0.5, 0.6) is 0 Å². The summed E-state index contributed by atoms with van der Waals surface area (Å²) in [5, 5.41) is 2.23. The van der Waals surface area contributed by atoms with Gasteiger partial charge in [-0.05, 0) is 37.6 Å². The van der Waals surface area contributed by atoms with Gasteiger partial charge < -0.3 is 4.57 Å². The molecule has 0 amide bonds. The highest BCUT2D eigenvalue weighted by Crippen LogP contribution is 2.31. The Morgan fingerprint density at radius 1 is 1.17 bits per heavy atom. The quantitative estimate of drug-likeness (QED) is 0.511. The average molecular weight is 450 g/mol. The molecule has 8 heteroatoms. The Balaban J connectivity index is 2.22. The summed E-state index contributed by atoms with van der Waals surface area (Å²) in [6.45, 7) is 4.25. The second kappa shape index (κ2) is 8.83. The largest absolute Gasteiger partial charge is 0.314 e. The van der Waals surface area contributed by atoms with Crippen molar-refractivity contribution in [2.75, 3.05) is 14.1 Å². The topological polar surface area (TPSA) is 54.7 Å². The molecule has 1 atom stereocenters. The van der Waals surface area contributed by atoms with Crippen LogP contribution >= 0.6 is 22.9 Å². The standard InChI is InChI=1S/C21H24ClN3O2S2/c1-5-15(2)25-19(14-28-21(25)23-17-9-7-6-8-10-17)16-11-12-18(22)20(13-16)29(26,27)24(3)4/h6-15H,5H2,1-4H3. The maximum absolute atomic E-state index is 12.7. The van der Waals surface area contributed by atoms with Crippen LogP contribution < -0.4 is 4.80 Å². The summed E-state index contributed by atoms with van der Waals surface area (Å²) >= 11 is 7.76. The molecule has 0 aliphatic carbocycles. The monoisotopic (exact) mass is 449 g/mol. The van der Waals surface area contributed by atoms with E-state index in [1.807, 2.05) is 41.8 Å². The van der Waals surface area contributed by atoms with E-state index < -0.39 is 10.0 Å². The van der Waals surface area contributed by atoms with E-state index >= 15 is 0 Å². The van der Waals surface area contributed by atoms with Crippen molar-refractivity contribution in [3.63, 3.8) is 0 Å². The highest BCUT2D eigenvalue weighted by molar-refractivity contribution is 7.89. The molecule has 29 heavy (non-hydrogen) atoms. The van der Waals surface area contributed by atoms with Crippen molar-refractivity contribution in [1.29, 1.82) is 0 Å². The van der Waals surface area contributed by atoms with Gasteiger partial charge in [-0.1, -0.05) is 42.8 Å². The number of aromatic nitrogens is 1. The van der Waals surface area contributed by atoms with Gasteiger partial charge in [0.15, 0.2) is 4.80 Å². The zero-order chi connectivity index (χ0) is 21.2. The molecule has 5 nitrogen and oxygen atoms in total. The van der Waals surface area contributed by atoms with Gasteiger partial charge in [0, 0.05) is 31.1 Å². The molecule has 0 spiro atoms. The fourth-order valence-electron chi connectivity index (χ4n) is 2.89. The zero-order valence-electron chi connectivity index (χ0n) is 16.8. The summed E-state index contributed by atoms with van der Waals surface area (Å²) in [5.41, 5.74) is 2.59. The summed E-state index contributed by atoms with van der Waals surface area (Å²) in [4.78, 5) is 5.77. The fourth-order valence-corrected chi connectivity index (χ4v) is 5.30. The Labute approximate surface area is 181 Å². The molecule has 0 saturated heterocycles. The number of thiazole rings is 1. The van der Waals surface area contributed by atoms with E-state index in [1.165, 1.54) is 29.7 Å². The summed E-state index contributed by atoms with van der Waals surface area (Å²) in [7, 11) is -0.648. The summed E-state index contributed by atoms with van der Waals surface area (Å²) in [6.07, 6.45) is 0.919. The van der Waals surface area contributed by atoms with Crippen LogP contribution in [0, 0.1) is 0 Å². The number of halogens is 1. The van der Waals surface area contributed by atoms with Gasteiger partial charge in [0.2, 0.25) is 10.0 Å². The highest BCUT2D eigenvalue weighted by Gasteiger charge is 2.22. The third-order valence-corrected chi connectivity index (χ3v) is 7.88. The smallest absolute Gasteiger partial charge is 0.244 e. The number of sulfonamides is 1. The van der Waals surface area contributed by atoms with Crippen molar-refractivity contribution >= 4 is 38.6 Å². The van der Waals surface area contributed by atoms with Crippen molar-refractivity contribution in [2.45, 2.75) is 31.2 Å². The van der Waals surface area contributed by atoms with Crippen LogP contribution in [0.2, 0.25) is 5.02 Å². The molecule has 1 unspecified atom stereocenters. The molecule has 3 aromatic rings. The van der Waals surface area contributed by atoms with Gasteiger partial charge in [0.05, 0.1) is 16.4 Å². The first-order valence-electron chi connectivity index (χ1n) is 9.28. The maximum Gasteiger partial charge on any atom is 0.244 e. The zero-order valence-corrected chi connectivity index (χ0v) is 19.2. The highest BCUT2D eigenvalue weighted by atomic mass is 35.5. The predicted octanol–water partition coefficient (Wildman–Crippen LogP) is 5.32. The molecule has 0 saturated carbocycles. The molecule has 0 fully saturated rings. The number of hydrogen-bond donors (Lipinski definition) is 0. The van der Waals surface area contributed by atoms with Gasteiger partial charge in [-0.15, -0.1) is 11.3 Å². The van der Waals surface area contributed by atoms with Gasteiger partial charge in [0.1, 0.15) is 4.90 Å². The molecule has 154 valence electrons. The molecule has 0 aliphatic heterocycles. The van der Waals surface area contributed by atoms with Crippen LogP contribution in [0.3, 0.4) is 0 Å². The Hall–Kier alpha value is -1.93. The van der Waals surface area contributed by atoms with Crippen LogP contribution in [0.4, 0.5) is 5.69 Å². The SMILES string of the molecule is CCC(C)n1c(-c2ccc(Cl)c(S(=O)(=O)N(C)C)c2)csc1=Nc1ccccc1. The lowest BCUT2D eigenvalue weighted by Gasteiger charge is -2.17. The first kappa shape index (κ1) is 21.8. The van der Waals surface area contributed by atoms with Gasteiger partial charge in [-0.25, -0.2) is 17.7 Å². The first-order valence-corrected chi connectivity index (χ1v) is 12.0. The summed E-state index contributed by atoms with van der Waals surface area (Å²) in [5.74, 6) is 0. The molecule has 0 aliphatic rings. The molecule has 3 rings (SSSR count). The molecule has 1 aromatic heterocycles. The minimum Gasteiger partial charge on any atom is -0.314 e. The lowest BCUT2D eigenvalue weighted by molar-refractivity contribution is 0.520. The van der Waals surface area contributed by atoms with Crippen LogP contribution in [0.1, 0.15) is 26.3 Å². The van der Waals surface area contributed by atoms with Crippen molar-refractivity contribution in [3.8, 4) is 11.3 Å². The van der Waals surface area contributed by atoms with Gasteiger partial charge in [-0.2, -0.15) is 0 Å². The van der Waals surface area contributed by atoms with Crippen LogP contribution in [0.15, 0.2) is 63.8 Å². The number of nitrogens with zero attached hydrogens (tertiary/aromatic N) is 3. The van der Waals surface area contributed by atoms with E-state index in [-0.39, 0.29) is 16.0 Å². The molecule has 0 radical (unpaired) electrons. The van der Waals surface area contributed by atoms with E-state index in [0.29, 0.717) is 0 Å². The minimum atomic E-state index is -3.65. The maximum atomic E-state index is 12.7. The second-order valence-corrected chi connectivity index (χ2v) is 10.3. The summed E-state index contributed by atoms with van der Waals surface area (Å²) < 4.78 is 28.7. The molecule has 0 bridgehead atoms. The van der Waals surface area contributed by atoms with Crippen molar-refractivity contribution in [3.05, 3.63) is 63.7 Å². The van der Waals surface area contributed by atoms with Crippen LogP contribution in [0.25, 0.3) is 11.3 Å². The van der Waals surface area contributed by atoms with E-state index in [1.54, 1.807) is 12.1 Å². The normalized spacial score (nSPS) is 13.8. The molecular weight excluding hydrogens is 426 g/mol. The van der Waals surface area contributed by atoms with Crippen LogP contribution in [-0.4, -0.2) is 31.4 Å². The van der Waals surface area contributed by atoms with Crippen molar-refractivity contribution in [1.82, 2.24) is 8.87 Å². The first-order chi connectivity index (χ1) is 13.8. The summed E-state index contributed by atoms with van der Waals surface area (Å²) in [6, 6.07) is 15.1. The Kier molecular flexibility index (Phi) is 6.63. The molecule has 2 aromatic carbocycles. The molecule has 1 heterocycles. The van der Waals surface area contributed by atoms with E-state index in [4.69, 9.17) is 16.6 Å². The van der Waals surface area contributed by atoms with Crippen molar-refractivity contribution in [2.24, 2.45) is 4.99 Å². The van der Waals surface area contributed by atoms with Gasteiger partial charge >= 0.3 is 0 Å². The van der Waals surface area contributed by atoms with E-state index in [0.717, 1.165) is 28.2 Å². The van der Waals surface area contributed by atoms with Gasteiger partial charge in [-0.3, -0.25) is 0 Å². The lowest BCUT2D eigenvalue weighted by atomic mass is 10.1. The predicted molar refractivity (Wildman–Crippen MR) is 120 cm³/mol. The third-order valence-electron chi connectivity index (χ3n) is 4.74. The van der Waals surface area contributed by atoms with Crippen molar-refractivity contribution < 1.29 is 8.42 Å². The molecule has 0 N–H and O–H groups in total. The number of rotatable bonds is 6. The van der Waals surface area contributed by atoms with E-state index in [9.17, 15) is 8.42 Å². The minimum absolute atomic E-state index is 0.102. The van der Waals surface area contributed by atoms with E-state index in [2.05, 4.69) is 18.4 Å². The molecular formula is C21H24ClN3O2S2. The number of benzene rings is 2. The fraction of sp³-hybridized carbons (Fsp3) is 0.286. The average Bonchev–Trinajstić information content (AvgIpc) is 3.11. The van der Waals surface area contributed by atoms with Gasteiger partial charge in [0.25, 0.3) is 0 Å². The second-order valence-electron chi connectivity index (χ2n) is 6.91.